The van der Waals surface area contributed by atoms with Crippen LogP contribution in [0.2, 0.25) is 5.02 Å². The Morgan fingerprint density at radius 2 is 2.17 bits per heavy atom. The van der Waals surface area contributed by atoms with Crippen LogP contribution in [-0.4, -0.2) is 23.4 Å². The van der Waals surface area contributed by atoms with Gasteiger partial charge in [-0.1, -0.05) is 18.0 Å². The first kappa shape index (κ1) is 14.1. The Labute approximate surface area is 118 Å². The molecule has 0 radical (unpaired) electrons. The van der Waals surface area contributed by atoms with Gasteiger partial charge in [0.05, 0.1) is 0 Å². The Hall–Kier alpha value is -0.310. The number of alkyl halides is 1. The number of hydrogen-bond donors (Lipinski definition) is 0. The summed E-state index contributed by atoms with van der Waals surface area (Å²) < 4.78 is 13.2. The quantitative estimate of drug-likeness (QED) is 0.740. The molecule has 18 heavy (non-hydrogen) atoms. The van der Waals surface area contributed by atoms with Gasteiger partial charge in [0.15, 0.2) is 0 Å². The second-order valence-corrected chi connectivity index (χ2v) is 5.62. The molecule has 1 fully saturated rings. The highest BCUT2D eigenvalue weighted by Gasteiger charge is 2.22. The molecule has 1 aliphatic heterocycles. The summed E-state index contributed by atoms with van der Waals surface area (Å²) in [6, 6.07) is 5.08. The van der Waals surface area contributed by atoms with Gasteiger partial charge < -0.3 is 0 Å². The number of benzene rings is 1. The maximum Gasteiger partial charge on any atom is 0.123 e. The van der Waals surface area contributed by atoms with Crippen molar-refractivity contribution in [3.8, 4) is 0 Å². The summed E-state index contributed by atoms with van der Waals surface area (Å²) in [6.07, 6.45) is 4.63. The zero-order valence-corrected chi connectivity index (χ0v) is 11.9. The highest BCUT2D eigenvalue weighted by Crippen LogP contribution is 2.25. The molecule has 1 atom stereocenters. The van der Waals surface area contributed by atoms with Crippen LogP contribution in [0.1, 0.15) is 31.2 Å². The Morgan fingerprint density at radius 1 is 1.33 bits per heavy atom. The summed E-state index contributed by atoms with van der Waals surface area (Å²) in [5, 5.41) is 0.645. The predicted molar refractivity (Wildman–Crippen MR) is 74.8 cm³/mol. The molecule has 1 aromatic rings. The van der Waals surface area contributed by atoms with E-state index >= 15 is 0 Å². The second kappa shape index (κ2) is 6.74. The maximum atomic E-state index is 13.2. The van der Waals surface area contributed by atoms with Gasteiger partial charge in [0.1, 0.15) is 5.82 Å². The SMILES string of the molecule is Fc1ccc(Cl)c(CN2CCCCC2CCCl)c1. The third-order valence-electron chi connectivity index (χ3n) is 3.57. The van der Waals surface area contributed by atoms with Gasteiger partial charge in [0.2, 0.25) is 0 Å². The lowest BCUT2D eigenvalue weighted by Crippen LogP contribution is -2.39. The lowest BCUT2D eigenvalue weighted by molar-refractivity contribution is 0.136. The normalized spacial score (nSPS) is 21.2. The molecule has 1 heterocycles. The van der Waals surface area contributed by atoms with Crippen LogP contribution in [-0.2, 0) is 6.54 Å². The van der Waals surface area contributed by atoms with E-state index in [-0.39, 0.29) is 5.82 Å². The van der Waals surface area contributed by atoms with Crippen LogP contribution in [0.4, 0.5) is 4.39 Å². The number of hydrogen-bond acceptors (Lipinski definition) is 1. The number of rotatable bonds is 4. The average molecular weight is 290 g/mol. The molecule has 0 amide bonds. The van der Waals surface area contributed by atoms with Gasteiger partial charge in [-0.15, -0.1) is 11.6 Å². The zero-order chi connectivity index (χ0) is 13.0. The fourth-order valence-electron chi connectivity index (χ4n) is 2.60. The van der Waals surface area contributed by atoms with Gasteiger partial charge in [0.25, 0.3) is 0 Å². The highest BCUT2D eigenvalue weighted by molar-refractivity contribution is 6.31. The third kappa shape index (κ3) is 3.59. The summed E-state index contributed by atoms with van der Waals surface area (Å²) in [6.45, 7) is 1.77. The van der Waals surface area contributed by atoms with Gasteiger partial charge >= 0.3 is 0 Å². The van der Waals surface area contributed by atoms with E-state index in [1.54, 1.807) is 6.07 Å². The zero-order valence-electron chi connectivity index (χ0n) is 10.3. The molecule has 0 bridgehead atoms. The molecule has 0 N–H and O–H groups in total. The topological polar surface area (TPSA) is 3.24 Å². The van der Waals surface area contributed by atoms with Crippen LogP contribution >= 0.6 is 23.2 Å². The van der Waals surface area contributed by atoms with E-state index < -0.39 is 0 Å². The molecule has 0 aliphatic carbocycles. The summed E-state index contributed by atoms with van der Waals surface area (Å²) in [5.74, 6) is 0.457. The van der Waals surface area contributed by atoms with E-state index in [1.165, 1.54) is 31.4 Å². The van der Waals surface area contributed by atoms with Crippen LogP contribution in [0.3, 0.4) is 0 Å². The van der Waals surface area contributed by atoms with Crippen molar-refractivity contribution in [2.24, 2.45) is 0 Å². The van der Waals surface area contributed by atoms with Crippen molar-refractivity contribution >= 4 is 23.2 Å². The minimum absolute atomic E-state index is 0.222. The van der Waals surface area contributed by atoms with Crippen LogP contribution < -0.4 is 0 Å². The van der Waals surface area contributed by atoms with Gasteiger partial charge in [-0.05, 0) is 49.6 Å². The Bertz CT molecular complexity index is 395. The maximum absolute atomic E-state index is 13.2. The molecule has 4 heteroatoms. The lowest BCUT2D eigenvalue weighted by Gasteiger charge is -2.35. The average Bonchev–Trinajstić information content (AvgIpc) is 2.36. The van der Waals surface area contributed by atoms with Crippen molar-refractivity contribution in [2.75, 3.05) is 12.4 Å². The minimum atomic E-state index is -0.222. The lowest BCUT2D eigenvalue weighted by atomic mass is 9.99. The van der Waals surface area contributed by atoms with Gasteiger partial charge in [-0.25, -0.2) is 4.39 Å². The van der Waals surface area contributed by atoms with E-state index in [2.05, 4.69) is 4.90 Å². The molecule has 1 unspecified atom stereocenters. The first-order valence-corrected chi connectivity index (χ1v) is 7.36. The first-order chi connectivity index (χ1) is 8.70. The molecule has 100 valence electrons. The summed E-state index contributed by atoms with van der Waals surface area (Å²) in [7, 11) is 0. The predicted octanol–water partition coefficient (Wildman–Crippen LogP) is 4.46. The standard InChI is InChI=1S/C14H18Cl2FN/c15-7-6-13-3-1-2-8-18(13)10-11-9-12(17)4-5-14(11)16/h4-5,9,13H,1-3,6-8,10H2. The van der Waals surface area contributed by atoms with Crippen LogP contribution in [0.15, 0.2) is 18.2 Å². The molecule has 1 nitrogen and oxygen atoms in total. The fraction of sp³-hybridized carbons (Fsp3) is 0.571. The molecule has 1 aliphatic rings. The van der Waals surface area contributed by atoms with E-state index in [0.29, 0.717) is 16.9 Å². The van der Waals surface area contributed by atoms with E-state index in [4.69, 9.17) is 23.2 Å². The number of nitrogens with zero attached hydrogens (tertiary/aromatic N) is 1. The van der Waals surface area contributed by atoms with E-state index in [9.17, 15) is 4.39 Å². The van der Waals surface area contributed by atoms with Crippen LogP contribution in [0.25, 0.3) is 0 Å². The molecule has 0 saturated carbocycles. The van der Waals surface area contributed by atoms with Crippen LogP contribution in [0.5, 0.6) is 0 Å². The second-order valence-electron chi connectivity index (χ2n) is 4.83. The number of piperidine rings is 1. The van der Waals surface area contributed by atoms with E-state index in [0.717, 1.165) is 25.1 Å². The van der Waals surface area contributed by atoms with Gasteiger partial charge in [0, 0.05) is 23.5 Å². The van der Waals surface area contributed by atoms with Gasteiger partial charge in [-0.3, -0.25) is 4.90 Å². The Balaban J connectivity index is 2.08. The Morgan fingerprint density at radius 3 is 2.94 bits per heavy atom. The molecule has 0 aromatic heterocycles. The van der Waals surface area contributed by atoms with Crippen molar-refractivity contribution < 1.29 is 4.39 Å². The van der Waals surface area contributed by atoms with Crippen molar-refractivity contribution in [3.05, 3.63) is 34.6 Å². The summed E-state index contributed by atoms with van der Waals surface area (Å²) in [5.41, 5.74) is 0.873. The van der Waals surface area contributed by atoms with Crippen molar-refractivity contribution in [3.63, 3.8) is 0 Å². The monoisotopic (exact) mass is 289 g/mol. The molecule has 1 aromatic carbocycles. The molecular formula is C14H18Cl2FN. The molecular weight excluding hydrogens is 272 g/mol. The fourth-order valence-corrected chi connectivity index (χ4v) is 3.03. The smallest absolute Gasteiger partial charge is 0.123 e. The molecule has 0 spiro atoms. The van der Waals surface area contributed by atoms with E-state index in [1.807, 2.05) is 0 Å². The van der Waals surface area contributed by atoms with Gasteiger partial charge in [-0.2, -0.15) is 0 Å². The number of likely N-dealkylation sites (tertiary alicyclic amines) is 1. The van der Waals surface area contributed by atoms with Crippen molar-refractivity contribution in [1.29, 1.82) is 0 Å². The third-order valence-corrected chi connectivity index (χ3v) is 4.16. The molecule has 1 saturated heterocycles. The van der Waals surface area contributed by atoms with Crippen molar-refractivity contribution in [1.82, 2.24) is 4.90 Å². The summed E-state index contributed by atoms with van der Waals surface area (Å²) in [4.78, 5) is 2.38. The minimum Gasteiger partial charge on any atom is -0.296 e. The highest BCUT2D eigenvalue weighted by atomic mass is 35.5. The van der Waals surface area contributed by atoms with Crippen molar-refractivity contribution in [2.45, 2.75) is 38.3 Å². The first-order valence-electron chi connectivity index (χ1n) is 6.44. The Kier molecular flexibility index (Phi) is 5.28. The largest absolute Gasteiger partial charge is 0.296 e. The van der Waals surface area contributed by atoms with Crippen LogP contribution in [0, 0.1) is 5.82 Å². The molecule has 2 rings (SSSR count). The number of halogens is 3. The summed E-state index contributed by atoms with van der Waals surface area (Å²) >= 11 is 12.0.